The molecule has 18 heavy (non-hydrogen) atoms. The molecule has 0 saturated carbocycles. The third kappa shape index (κ3) is 3.20. The standard InChI is InChI=1S/C12H8Br2FNO2/c13-8-2-1-7(10(15)3-8)6-18-12(17)11-4-9(14)5-16-11/h1-5,16H,6H2. The first-order valence-electron chi connectivity index (χ1n) is 5.01. The van der Waals surface area contributed by atoms with Crippen LogP contribution in [-0.2, 0) is 11.3 Å². The summed E-state index contributed by atoms with van der Waals surface area (Å²) in [5, 5.41) is 0. The fourth-order valence-corrected chi connectivity index (χ4v) is 2.02. The zero-order valence-electron chi connectivity index (χ0n) is 9.04. The van der Waals surface area contributed by atoms with Crippen molar-refractivity contribution in [3.8, 4) is 0 Å². The molecule has 0 atom stereocenters. The molecule has 0 aliphatic heterocycles. The molecule has 0 radical (unpaired) electrons. The van der Waals surface area contributed by atoms with Gasteiger partial charge in [0.15, 0.2) is 0 Å². The fraction of sp³-hybridized carbons (Fsp3) is 0.0833. The lowest BCUT2D eigenvalue weighted by Crippen LogP contribution is -2.06. The molecule has 94 valence electrons. The van der Waals surface area contributed by atoms with Crippen molar-refractivity contribution in [2.75, 3.05) is 0 Å². The van der Waals surface area contributed by atoms with E-state index in [0.717, 1.165) is 4.47 Å². The minimum atomic E-state index is -0.525. The Balaban J connectivity index is 2.01. The van der Waals surface area contributed by atoms with Crippen LogP contribution in [-0.4, -0.2) is 11.0 Å². The maximum Gasteiger partial charge on any atom is 0.355 e. The topological polar surface area (TPSA) is 42.1 Å². The van der Waals surface area contributed by atoms with Crippen molar-refractivity contribution in [1.82, 2.24) is 4.98 Å². The van der Waals surface area contributed by atoms with Crippen LogP contribution in [0.4, 0.5) is 4.39 Å². The van der Waals surface area contributed by atoms with Crippen molar-refractivity contribution in [3.63, 3.8) is 0 Å². The number of H-pyrrole nitrogens is 1. The van der Waals surface area contributed by atoms with Crippen molar-refractivity contribution in [3.05, 3.63) is 56.5 Å². The van der Waals surface area contributed by atoms with Crippen LogP contribution in [0.15, 0.2) is 39.4 Å². The Morgan fingerprint density at radius 3 is 2.67 bits per heavy atom. The number of carbonyl (C=O) groups excluding carboxylic acids is 1. The first-order valence-corrected chi connectivity index (χ1v) is 6.60. The Kier molecular flexibility index (Phi) is 4.19. The van der Waals surface area contributed by atoms with Crippen LogP contribution in [0.5, 0.6) is 0 Å². The third-order valence-corrected chi connectivity index (χ3v) is 3.19. The lowest BCUT2D eigenvalue weighted by molar-refractivity contribution is 0.0463. The number of ether oxygens (including phenoxy) is 1. The number of nitrogens with one attached hydrogen (secondary N) is 1. The zero-order valence-corrected chi connectivity index (χ0v) is 12.2. The predicted molar refractivity (Wildman–Crippen MR) is 71.7 cm³/mol. The highest BCUT2D eigenvalue weighted by Gasteiger charge is 2.11. The highest BCUT2D eigenvalue weighted by Crippen LogP contribution is 2.17. The second-order valence-corrected chi connectivity index (χ2v) is 5.37. The van der Waals surface area contributed by atoms with Gasteiger partial charge in [-0.2, -0.15) is 0 Å². The number of benzene rings is 1. The van der Waals surface area contributed by atoms with Crippen LogP contribution in [0.25, 0.3) is 0 Å². The first kappa shape index (κ1) is 13.3. The molecule has 3 nitrogen and oxygen atoms in total. The average molecular weight is 377 g/mol. The molecule has 1 N–H and O–H groups in total. The van der Waals surface area contributed by atoms with Gasteiger partial charge in [0.2, 0.25) is 0 Å². The van der Waals surface area contributed by atoms with Gasteiger partial charge in [-0.15, -0.1) is 0 Å². The Morgan fingerprint density at radius 2 is 2.06 bits per heavy atom. The van der Waals surface area contributed by atoms with Gasteiger partial charge in [0.25, 0.3) is 0 Å². The number of aromatic nitrogens is 1. The molecule has 0 aliphatic carbocycles. The summed E-state index contributed by atoms with van der Waals surface area (Å²) in [4.78, 5) is 14.3. The highest BCUT2D eigenvalue weighted by molar-refractivity contribution is 9.10. The van der Waals surface area contributed by atoms with Gasteiger partial charge in [0, 0.05) is 20.7 Å². The number of hydrogen-bond acceptors (Lipinski definition) is 2. The molecule has 0 saturated heterocycles. The van der Waals surface area contributed by atoms with Gasteiger partial charge in [-0.05, 0) is 34.1 Å². The van der Waals surface area contributed by atoms with Gasteiger partial charge in [-0.1, -0.05) is 22.0 Å². The summed E-state index contributed by atoms with van der Waals surface area (Å²) < 4.78 is 19.9. The Morgan fingerprint density at radius 1 is 1.28 bits per heavy atom. The summed E-state index contributed by atoms with van der Waals surface area (Å²) in [7, 11) is 0. The van der Waals surface area contributed by atoms with E-state index >= 15 is 0 Å². The van der Waals surface area contributed by atoms with E-state index < -0.39 is 11.8 Å². The van der Waals surface area contributed by atoms with Gasteiger partial charge in [0.1, 0.15) is 18.1 Å². The molecule has 1 aromatic heterocycles. The minimum absolute atomic E-state index is 0.103. The van der Waals surface area contributed by atoms with E-state index in [-0.39, 0.29) is 6.61 Å². The van der Waals surface area contributed by atoms with E-state index in [2.05, 4.69) is 36.8 Å². The molecule has 0 amide bonds. The van der Waals surface area contributed by atoms with E-state index in [4.69, 9.17) is 4.74 Å². The van der Waals surface area contributed by atoms with Gasteiger partial charge >= 0.3 is 5.97 Å². The quantitative estimate of drug-likeness (QED) is 0.821. The molecular formula is C12H8Br2FNO2. The molecule has 1 heterocycles. The largest absolute Gasteiger partial charge is 0.456 e. The summed E-state index contributed by atoms with van der Waals surface area (Å²) in [6.07, 6.45) is 1.62. The van der Waals surface area contributed by atoms with E-state index in [0.29, 0.717) is 15.7 Å². The first-order chi connectivity index (χ1) is 8.56. The van der Waals surface area contributed by atoms with Crippen molar-refractivity contribution < 1.29 is 13.9 Å². The Hall–Kier alpha value is -1.14. The summed E-state index contributed by atoms with van der Waals surface area (Å²) >= 11 is 6.37. The molecular weight excluding hydrogens is 369 g/mol. The van der Waals surface area contributed by atoms with Crippen molar-refractivity contribution in [2.24, 2.45) is 0 Å². The van der Waals surface area contributed by atoms with Crippen molar-refractivity contribution in [1.29, 1.82) is 0 Å². The second-order valence-electron chi connectivity index (χ2n) is 3.54. The molecule has 2 aromatic rings. The third-order valence-electron chi connectivity index (χ3n) is 2.24. The lowest BCUT2D eigenvalue weighted by atomic mass is 10.2. The maximum atomic E-state index is 13.5. The van der Waals surface area contributed by atoms with E-state index in [1.807, 2.05) is 0 Å². The second kappa shape index (κ2) is 5.67. The molecule has 0 aliphatic rings. The van der Waals surface area contributed by atoms with Gasteiger partial charge in [0.05, 0.1) is 0 Å². The summed E-state index contributed by atoms with van der Waals surface area (Å²) in [5.74, 6) is -0.937. The van der Waals surface area contributed by atoms with Gasteiger partial charge in [-0.25, -0.2) is 9.18 Å². The average Bonchev–Trinajstić information content (AvgIpc) is 2.74. The zero-order chi connectivity index (χ0) is 13.1. The number of aromatic amines is 1. The number of rotatable bonds is 3. The Bertz CT molecular complexity index is 583. The van der Waals surface area contributed by atoms with Crippen LogP contribution in [0.3, 0.4) is 0 Å². The molecule has 0 unspecified atom stereocenters. The highest BCUT2D eigenvalue weighted by atomic mass is 79.9. The van der Waals surface area contributed by atoms with E-state index in [9.17, 15) is 9.18 Å². The summed E-state index contributed by atoms with van der Waals surface area (Å²) in [5.41, 5.74) is 0.650. The maximum absolute atomic E-state index is 13.5. The van der Waals surface area contributed by atoms with Gasteiger partial charge in [-0.3, -0.25) is 0 Å². The van der Waals surface area contributed by atoms with Gasteiger partial charge < -0.3 is 9.72 Å². The normalized spacial score (nSPS) is 10.4. The minimum Gasteiger partial charge on any atom is -0.456 e. The van der Waals surface area contributed by atoms with Crippen LogP contribution in [0.2, 0.25) is 0 Å². The van der Waals surface area contributed by atoms with Crippen LogP contribution in [0.1, 0.15) is 16.1 Å². The van der Waals surface area contributed by atoms with E-state index in [1.165, 1.54) is 6.07 Å². The van der Waals surface area contributed by atoms with Crippen LogP contribution in [0, 0.1) is 5.82 Å². The fourth-order valence-electron chi connectivity index (χ4n) is 1.35. The Labute approximate surface area is 120 Å². The lowest BCUT2D eigenvalue weighted by Gasteiger charge is -2.05. The summed E-state index contributed by atoms with van der Waals surface area (Å²) in [6, 6.07) is 6.18. The molecule has 0 bridgehead atoms. The van der Waals surface area contributed by atoms with Crippen LogP contribution >= 0.6 is 31.9 Å². The number of hydrogen-bond donors (Lipinski definition) is 1. The smallest absolute Gasteiger partial charge is 0.355 e. The summed E-state index contributed by atoms with van der Waals surface area (Å²) in [6.45, 7) is -0.103. The monoisotopic (exact) mass is 375 g/mol. The van der Waals surface area contributed by atoms with Crippen molar-refractivity contribution in [2.45, 2.75) is 6.61 Å². The van der Waals surface area contributed by atoms with Crippen molar-refractivity contribution >= 4 is 37.8 Å². The molecule has 1 aromatic carbocycles. The number of carbonyl (C=O) groups is 1. The number of esters is 1. The predicted octanol–water partition coefficient (Wildman–Crippen LogP) is 4.04. The molecule has 6 heteroatoms. The number of halogens is 3. The van der Waals surface area contributed by atoms with Crippen LogP contribution < -0.4 is 0 Å². The molecule has 0 fully saturated rings. The SMILES string of the molecule is O=C(OCc1ccc(Br)cc1F)c1cc(Br)c[nH]1. The molecule has 2 rings (SSSR count). The van der Waals surface area contributed by atoms with E-state index in [1.54, 1.807) is 24.4 Å². The molecule has 0 spiro atoms.